The van der Waals surface area contributed by atoms with Gasteiger partial charge < -0.3 is 10.3 Å². The van der Waals surface area contributed by atoms with Crippen molar-refractivity contribution in [2.45, 2.75) is 25.4 Å². The molecule has 78 valence electrons. The number of aryl methyl sites for hydroxylation is 1. The van der Waals surface area contributed by atoms with Crippen LogP contribution in [0, 0.1) is 0 Å². The highest BCUT2D eigenvalue weighted by Crippen LogP contribution is 2.33. The molecule has 0 fully saturated rings. The first-order chi connectivity index (χ1) is 7.27. The van der Waals surface area contributed by atoms with Crippen LogP contribution in [0.5, 0.6) is 0 Å². The van der Waals surface area contributed by atoms with Gasteiger partial charge >= 0.3 is 0 Å². The summed E-state index contributed by atoms with van der Waals surface area (Å²) in [5, 5.41) is 1.29. The second kappa shape index (κ2) is 3.35. The van der Waals surface area contributed by atoms with Crippen LogP contribution < -0.4 is 5.73 Å². The Hall–Kier alpha value is -0.800. The van der Waals surface area contributed by atoms with Crippen molar-refractivity contribution in [1.29, 1.82) is 0 Å². The molecule has 1 aliphatic rings. The molecule has 2 nitrogen and oxygen atoms in total. The van der Waals surface area contributed by atoms with Crippen LogP contribution in [-0.4, -0.2) is 4.57 Å². The molecule has 0 spiro atoms. The molecule has 2 heterocycles. The van der Waals surface area contributed by atoms with Gasteiger partial charge in [0.25, 0.3) is 0 Å². The SMILES string of the molecule is NC1CCCc2cc3cccc(Br)c3n21. The van der Waals surface area contributed by atoms with Gasteiger partial charge in [0.05, 0.1) is 11.7 Å². The number of hydrogen-bond acceptors (Lipinski definition) is 1. The summed E-state index contributed by atoms with van der Waals surface area (Å²) in [6.45, 7) is 0. The molecule has 1 unspecified atom stereocenters. The Bertz CT molecular complexity index is 516. The summed E-state index contributed by atoms with van der Waals surface area (Å²) < 4.78 is 3.42. The highest BCUT2D eigenvalue weighted by atomic mass is 79.9. The molecular weight excluding hydrogens is 252 g/mol. The molecule has 2 N–H and O–H groups in total. The number of halogens is 1. The molecule has 0 bridgehead atoms. The fraction of sp³-hybridized carbons (Fsp3) is 0.333. The molecule has 1 aromatic heterocycles. The predicted octanol–water partition coefficient (Wildman–Crippen LogP) is 3.20. The van der Waals surface area contributed by atoms with Gasteiger partial charge in [-0.15, -0.1) is 0 Å². The lowest BCUT2D eigenvalue weighted by Crippen LogP contribution is -2.24. The van der Waals surface area contributed by atoms with E-state index in [1.807, 2.05) is 0 Å². The molecule has 0 saturated carbocycles. The largest absolute Gasteiger partial charge is 0.328 e. The van der Waals surface area contributed by atoms with E-state index in [1.54, 1.807) is 0 Å². The minimum Gasteiger partial charge on any atom is -0.328 e. The van der Waals surface area contributed by atoms with Crippen LogP contribution in [0.15, 0.2) is 28.7 Å². The number of benzene rings is 1. The first kappa shape index (κ1) is 9.43. The topological polar surface area (TPSA) is 30.9 Å². The first-order valence-corrected chi connectivity index (χ1v) is 6.10. The Labute approximate surface area is 97.2 Å². The lowest BCUT2D eigenvalue weighted by molar-refractivity contribution is 0.425. The zero-order chi connectivity index (χ0) is 10.4. The Morgan fingerprint density at radius 1 is 1.40 bits per heavy atom. The van der Waals surface area contributed by atoms with Gasteiger partial charge in [0, 0.05) is 15.6 Å². The van der Waals surface area contributed by atoms with E-state index in [1.165, 1.54) is 23.0 Å². The molecule has 3 rings (SSSR count). The summed E-state index contributed by atoms with van der Waals surface area (Å²) in [5.74, 6) is 0. The highest BCUT2D eigenvalue weighted by molar-refractivity contribution is 9.10. The van der Waals surface area contributed by atoms with Gasteiger partial charge in [0.1, 0.15) is 0 Å². The van der Waals surface area contributed by atoms with Gasteiger partial charge in [-0.3, -0.25) is 0 Å². The molecule has 0 radical (unpaired) electrons. The summed E-state index contributed by atoms with van der Waals surface area (Å²) in [7, 11) is 0. The monoisotopic (exact) mass is 264 g/mol. The van der Waals surface area contributed by atoms with E-state index in [2.05, 4.69) is 44.8 Å². The van der Waals surface area contributed by atoms with E-state index < -0.39 is 0 Å². The van der Waals surface area contributed by atoms with Gasteiger partial charge in [-0.1, -0.05) is 12.1 Å². The average molecular weight is 265 g/mol. The molecule has 2 aromatic rings. The fourth-order valence-electron chi connectivity index (χ4n) is 2.49. The quantitative estimate of drug-likeness (QED) is 0.779. The van der Waals surface area contributed by atoms with Gasteiger partial charge in [-0.05, 0) is 47.3 Å². The number of aromatic nitrogens is 1. The lowest BCUT2D eigenvalue weighted by Gasteiger charge is -2.23. The normalized spacial score (nSPS) is 20.5. The van der Waals surface area contributed by atoms with Gasteiger partial charge in [-0.2, -0.15) is 0 Å². The van der Waals surface area contributed by atoms with Crippen LogP contribution in [0.2, 0.25) is 0 Å². The third-order valence-corrected chi connectivity index (χ3v) is 3.79. The van der Waals surface area contributed by atoms with Crippen LogP contribution in [0.4, 0.5) is 0 Å². The Balaban J connectivity index is 2.38. The first-order valence-electron chi connectivity index (χ1n) is 5.31. The highest BCUT2D eigenvalue weighted by Gasteiger charge is 2.19. The number of para-hydroxylation sites is 1. The Morgan fingerprint density at radius 2 is 2.27 bits per heavy atom. The molecule has 3 heteroatoms. The molecule has 0 aliphatic carbocycles. The molecule has 1 aromatic carbocycles. The van der Waals surface area contributed by atoms with Crippen LogP contribution >= 0.6 is 15.9 Å². The van der Waals surface area contributed by atoms with Crippen LogP contribution in [0.25, 0.3) is 10.9 Å². The van der Waals surface area contributed by atoms with Crippen LogP contribution in [-0.2, 0) is 6.42 Å². The van der Waals surface area contributed by atoms with Crippen molar-refractivity contribution in [3.05, 3.63) is 34.4 Å². The number of nitrogens with zero attached hydrogens (tertiary/aromatic N) is 1. The van der Waals surface area contributed by atoms with E-state index in [0.717, 1.165) is 17.3 Å². The summed E-state index contributed by atoms with van der Waals surface area (Å²) in [5.41, 5.74) is 8.79. The maximum atomic E-state index is 6.17. The van der Waals surface area contributed by atoms with Crippen molar-refractivity contribution in [3.8, 4) is 0 Å². The van der Waals surface area contributed by atoms with E-state index >= 15 is 0 Å². The maximum Gasteiger partial charge on any atom is 0.0817 e. The van der Waals surface area contributed by atoms with Gasteiger partial charge in [0.2, 0.25) is 0 Å². The Kier molecular flexibility index (Phi) is 2.11. The van der Waals surface area contributed by atoms with Crippen LogP contribution in [0.1, 0.15) is 24.7 Å². The number of nitrogens with two attached hydrogens (primary N) is 1. The van der Waals surface area contributed by atoms with Crippen molar-refractivity contribution in [3.63, 3.8) is 0 Å². The van der Waals surface area contributed by atoms with Crippen molar-refractivity contribution < 1.29 is 0 Å². The molecule has 1 aliphatic heterocycles. The predicted molar refractivity (Wildman–Crippen MR) is 65.8 cm³/mol. The summed E-state index contributed by atoms with van der Waals surface area (Å²) in [6.07, 6.45) is 3.58. The average Bonchev–Trinajstić information content (AvgIpc) is 2.58. The van der Waals surface area contributed by atoms with Crippen molar-refractivity contribution >= 4 is 26.8 Å². The van der Waals surface area contributed by atoms with Gasteiger partial charge in [0.15, 0.2) is 0 Å². The zero-order valence-corrected chi connectivity index (χ0v) is 10.00. The number of hydrogen-bond donors (Lipinski definition) is 1. The standard InChI is InChI=1S/C12H13BrN2/c13-10-5-1-3-8-7-9-4-2-6-11(14)15(9)12(8)10/h1,3,5,7,11H,2,4,6,14H2. The molecule has 0 saturated heterocycles. The van der Waals surface area contributed by atoms with E-state index in [-0.39, 0.29) is 6.17 Å². The Morgan fingerprint density at radius 3 is 3.13 bits per heavy atom. The molecular formula is C12H13BrN2. The third-order valence-electron chi connectivity index (χ3n) is 3.15. The van der Waals surface area contributed by atoms with E-state index in [4.69, 9.17) is 5.73 Å². The number of fused-ring (bicyclic) bond motifs is 3. The second-order valence-electron chi connectivity index (χ2n) is 4.14. The smallest absolute Gasteiger partial charge is 0.0817 e. The van der Waals surface area contributed by atoms with E-state index in [0.29, 0.717) is 0 Å². The lowest BCUT2D eigenvalue weighted by atomic mass is 10.1. The molecule has 0 amide bonds. The zero-order valence-electron chi connectivity index (χ0n) is 8.41. The third kappa shape index (κ3) is 1.34. The van der Waals surface area contributed by atoms with Crippen molar-refractivity contribution in [2.24, 2.45) is 5.73 Å². The summed E-state index contributed by atoms with van der Waals surface area (Å²) in [6, 6.07) is 8.57. The number of rotatable bonds is 0. The summed E-state index contributed by atoms with van der Waals surface area (Å²) >= 11 is 3.61. The second-order valence-corrected chi connectivity index (χ2v) is 5.00. The molecule has 15 heavy (non-hydrogen) atoms. The van der Waals surface area contributed by atoms with Crippen LogP contribution in [0.3, 0.4) is 0 Å². The molecule has 1 atom stereocenters. The fourth-order valence-corrected chi connectivity index (χ4v) is 3.06. The summed E-state index contributed by atoms with van der Waals surface area (Å²) in [4.78, 5) is 0. The van der Waals surface area contributed by atoms with Crippen molar-refractivity contribution in [1.82, 2.24) is 4.57 Å². The minimum atomic E-state index is 0.143. The minimum absolute atomic E-state index is 0.143. The maximum absolute atomic E-state index is 6.17. The van der Waals surface area contributed by atoms with E-state index in [9.17, 15) is 0 Å². The van der Waals surface area contributed by atoms with Crippen molar-refractivity contribution in [2.75, 3.05) is 0 Å². The van der Waals surface area contributed by atoms with Gasteiger partial charge in [-0.25, -0.2) is 0 Å².